The van der Waals surface area contributed by atoms with Gasteiger partial charge < -0.3 is 18.9 Å². The van der Waals surface area contributed by atoms with Gasteiger partial charge in [0.1, 0.15) is 0 Å². The second kappa shape index (κ2) is 7.00. The molecule has 0 aromatic heterocycles. The molecular weight excluding hydrogens is 240 g/mol. The zero-order valence-electron chi connectivity index (χ0n) is 10.9. The lowest BCUT2D eigenvalue weighted by molar-refractivity contribution is -0.150. The first-order chi connectivity index (χ1) is 8.63. The average molecular weight is 258 g/mol. The van der Waals surface area contributed by atoms with Gasteiger partial charge in [-0.1, -0.05) is 0 Å². The van der Waals surface area contributed by atoms with Gasteiger partial charge in [0.25, 0.3) is 0 Å². The molecule has 0 bridgehead atoms. The third kappa shape index (κ3) is 3.46. The molecule has 6 nitrogen and oxygen atoms in total. The van der Waals surface area contributed by atoms with Crippen LogP contribution in [0.3, 0.4) is 0 Å². The lowest BCUT2D eigenvalue weighted by Crippen LogP contribution is -2.15. The molecule has 18 heavy (non-hydrogen) atoms. The van der Waals surface area contributed by atoms with Crippen molar-refractivity contribution in [2.75, 3.05) is 19.8 Å². The predicted molar refractivity (Wildman–Crippen MR) is 61.4 cm³/mol. The molecule has 0 aromatic rings. The van der Waals surface area contributed by atoms with Crippen molar-refractivity contribution >= 4 is 11.9 Å². The summed E-state index contributed by atoms with van der Waals surface area (Å²) in [5.41, 5.74) is 0.175. The number of carbonyl (C=O) groups excluding carboxylic acids is 2. The van der Waals surface area contributed by atoms with Crippen molar-refractivity contribution in [3.05, 3.63) is 11.3 Å². The van der Waals surface area contributed by atoms with Crippen LogP contribution in [0.15, 0.2) is 11.3 Å². The summed E-state index contributed by atoms with van der Waals surface area (Å²) in [7, 11) is 0. The van der Waals surface area contributed by atoms with E-state index in [-0.39, 0.29) is 31.0 Å². The van der Waals surface area contributed by atoms with Gasteiger partial charge in [0.2, 0.25) is 12.0 Å². The van der Waals surface area contributed by atoms with Crippen molar-refractivity contribution in [1.82, 2.24) is 0 Å². The fourth-order valence-corrected chi connectivity index (χ4v) is 1.54. The van der Waals surface area contributed by atoms with E-state index >= 15 is 0 Å². The molecule has 1 unspecified atom stereocenters. The van der Waals surface area contributed by atoms with Gasteiger partial charge in [-0.3, -0.25) is 0 Å². The third-order valence-corrected chi connectivity index (χ3v) is 2.23. The quantitative estimate of drug-likeness (QED) is 0.665. The van der Waals surface area contributed by atoms with Crippen LogP contribution in [0.4, 0.5) is 0 Å². The van der Waals surface area contributed by atoms with E-state index in [1.807, 2.05) is 0 Å². The zero-order chi connectivity index (χ0) is 13.5. The van der Waals surface area contributed by atoms with Crippen molar-refractivity contribution in [3.8, 4) is 0 Å². The Bertz CT molecular complexity index is 316. The molecule has 1 aliphatic heterocycles. The summed E-state index contributed by atoms with van der Waals surface area (Å²) in [6, 6.07) is 0. The van der Waals surface area contributed by atoms with E-state index in [2.05, 4.69) is 0 Å². The minimum atomic E-state index is -0.664. The first-order valence-corrected chi connectivity index (χ1v) is 5.99. The summed E-state index contributed by atoms with van der Waals surface area (Å²) in [5, 5.41) is 0. The van der Waals surface area contributed by atoms with Crippen LogP contribution in [0.5, 0.6) is 0 Å². The molecule has 0 saturated carbocycles. The Hall–Kier alpha value is -1.56. The maximum absolute atomic E-state index is 11.7. The normalized spacial score (nSPS) is 18.5. The summed E-state index contributed by atoms with van der Waals surface area (Å²) >= 11 is 0. The van der Waals surface area contributed by atoms with Crippen LogP contribution in [0.2, 0.25) is 0 Å². The Morgan fingerprint density at radius 2 is 1.72 bits per heavy atom. The number of hydrogen-bond donors (Lipinski definition) is 0. The Kier molecular flexibility index (Phi) is 5.64. The Morgan fingerprint density at radius 3 is 2.28 bits per heavy atom. The van der Waals surface area contributed by atoms with Crippen LogP contribution < -0.4 is 0 Å². The number of ether oxygens (including phenoxy) is 4. The number of rotatable bonds is 6. The highest BCUT2D eigenvalue weighted by Gasteiger charge is 2.36. The molecule has 0 radical (unpaired) electrons. The fraction of sp³-hybridized carbons (Fsp3) is 0.667. The van der Waals surface area contributed by atoms with Crippen LogP contribution >= 0.6 is 0 Å². The van der Waals surface area contributed by atoms with Gasteiger partial charge in [-0.15, -0.1) is 0 Å². The van der Waals surface area contributed by atoms with Crippen molar-refractivity contribution in [3.63, 3.8) is 0 Å². The van der Waals surface area contributed by atoms with E-state index < -0.39 is 18.2 Å². The summed E-state index contributed by atoms with van der Waals surface area (Å²) in [6.45, 7) is 6.04. The number of esters is 2. The molecule has 0 saturated heterocycles. The molecule has 1 rings (SSSR count). The largest absolute Gasteiger partial charge is 0.463 e. The van der Waals surface area contributed by atoms with Crippen molar-refractivity contribution in [2.45, 2.75) is 33.5 Å². The molecule has 0 aromatic carbocycles. The van der Waals surface area contributed by atoms with Gasteiger partial charge >= 0.3 is 11.9 Å². The van der Waals surface area contributed by atoms with Gasteiger partial charge in [-0.05, 0) is 20.8 Å². The molecule has 0 amide bonds. The van der Waals surface area contributed by atoms with Gasteiger partial charge in [0.15, 0.2) is 0 Å². The molecule has 0 aliphatic carbocycles. The first kappa shape index (κ1) is 14.5. The molecule has 0 N–H and O–H groups in total. The molecule has 0 spiro atoms. The highest BCUT2D eigenvalue weighted by Crippen LogP contribution is 2.27. The molecule has 6 heteroatoms. The lowest BCUT2D eigenvalue weighted by Gasteiger charge is -2.11. The molecule has 1 heterocycles. The summed E-state index contributed by atoms with van der Waals surface area (Å²) in [5.74, 6) is -1.33. The van der Waals surface area contributed by atoms with E-state index in [4.69, 9.17) is 18.9 Å². The van der Waals surface area contributed by atoms with E-state index in [0.29, 0.717) is 6.61 Å². The third-order valence-electron chi connectivity index (χ3n) is 2.23. The van der Waals surface area contributed by atoms with E-state index in [1.54, 1.807) is 20.8 Å². The maximum atomic E-state index is 11.7. The number of carbonyl (C=O) groups is 2. The monoisotopic (exact) mass is 258 g/mol. The first-order valence-electron chi connectivity index (χ1n) is 5.99. The van der Waals surface area contributed by atoms with Gasteiger partial charge in [-0.2, -0.15) is 0 Å². The van der Waals surface area contributed by atoms with Crippen molar-refractivity contribution in [2.24, 2.45) is 0 Å². The standard InChI is InChI=1S/C12H18O6/c1-4-15-9-7-8(11(13)16-5-2)10(18-9)12(14)17-6-3/h9H,4-7H2,1-3H3. The smallest absolute Gasteiger partial charge is 0.374 e. The van der Waals surface area contributed by atoms with Crippen LogP contribution in [-0.4, -0.2) is 38.0 Å². The summed E-state index contributed by atoms with van der Waals surface area (Å²) in [4.78, 5) is 23.3. The van der Waals surface area contributed by atoms with Gasteiger partial charge in [-0.25, -0.2) is 9.59 Å². The molecular formula is C12H18O6. The van der Waals surface area contributed by atoms with Crippen LogP contribution in [0, 0.1) is 0 Å². The minimum Gasteiger partial charge on any atom is -0.463 e. The van der Waals surface area contributed by atoms with Crippen molar-refractivity contribution < 1.29 is 28.5 Å². The highest BCUT2D eigenvalue weighted by molar-refractivity contribution is 5.99. The molecule has 102 valence electrons. The SMILES string of the molecule is CCOC(=O)C1=C(C(=O)OCC)OC(OCC)C1. The Labute approximate surface area is 106 Å². The Morgan fingerprint density at radius 1 is 1.11 bits per heavy atom. The zero-order valence-corrected chi connectivity index (χ0v) is 10.9. The number of hydrogen-bond acceptors (Lipinski definition) is 6. The minimum absolute atomic E-state index is 0.103. The van der Waals surface area contributed by atoms with E-state index in [0.717, 1.165) is 0 Å². The second-order valence-corrected chi connectivity index (χ2v) is 3.46. The average Bonchev–Trinajstić information content (AvgIpc) is 2.74. The topological polar surface area (TPSA) is 71.1 Å². The van der Waals surface area contributed by atoms with Crippen LogP contribution in [-0.2, 0) is 28.5 Å². The Balaban J connectivity index is 2.83. The van der Waals surface area contributed by atoms with Crippen LogP contribution in [0.25, 0.3) is 0 Å². The second-order valence-electron chi connectivity index (χ2n) is 3.46. The molecule has 1 atom stereocenters. The lowest BCUT2D eigenvalue weighted by atomic mass is 10.2. The summed E-state index contributed by atoms with van der Waals surface area (Å²) in [6.07, 6.45) is -0.435. The maximum Gasteiger partial charge on any atom is 0.374 e. The highest BCUT2D eigenvalue weighted by atomic mass is 16.7. The van der Waals surface area contributed by atoms with E-state index in [1.165, 1.54) is 0 Å². The fourth-order valence-electron chi connectivity index (χ4n) is 1.54. The van der Waals surface area contributed by atoms with Crippen LogP contribution in [0.1, 0.15) is 27.2 Å². The van der Waals surface area contributed by atoms with Crippen molar-refractivity contribution in [1.29, 1.82) is 0 Å². The van der Waals surface area contributed by atoms with Gasteiger partial charge in [0, 0.05) is 13.0 Å². The summed E-state index contributed by atoms with van der Waals surface area (Å²) < 4.78 is 20.2. The predicted octanol–water partition coefficient (Wildman–Crippen LogP) is 1.15. The molecule has 0 fully saturated rings. The van der Waals surface area contributed by atoms with Gasteiger partial charge in [0.05, 0.1) is 18.8 Å². The molecule has 1 aliphatic rings. The van der Waals surface area contributed by atoms with E-state index in [9.17, 15) is 9.59 Å².